The first-order valence-electron chi connectivity index (χ1n) is 10.8. The molecule has 0 saturated carbocycles. The third-order valence-electron chi connectivity index (χ3n) is 5.43. The van der Waals surface area contributed by atoms with Crippen molar-refractivity contribution in [2.75, 3.05) is 0 Å². The molecule has 0 radical (unpaired) electrons. The van der Waals surface area contributed by atoms with Gasteiger partial charge in [-0.3, -0.25) is 13.6 Å². The standard InChI is InChI=1S/C27H33O4P/c1-25(2,22-16-10-7-11-17-22)29-32(28,30-26(3,4)23-18-12-8-13-19-23)31-27(5,6)24-20-14-9-15-21-24/h7-21H,1-6H3. The van der Waals surface area contributed by atoms with E-state index in [1.54, 1.807) is 0 Å². The molecule has 0 spiro atoms. The Labute approximate surface area is 192 Å². The lowest BCUT2D eigenvalue weighted by Gasteiger charge is -2.38. The summed E-state index contributed by atoms with van der Waals surface area (Å²) < 4.78 is 33.0. The normalized spacial score (nSPS) is 13.2. The highest BCUT2D eigenvalue weighted by Gasteiger charge is 2.45. The zero-order chi connectivity index (χ0) is 23.5. The molecule has 0 aliphatic carbocycles. The Morgan fingerprint density at radius 1 is 0.469 bits per heavy atom. The summed E-state index contributed by atoms with van der Waals surface area (Å²) in [4.78, 5) is 0. The van der Waals surface area contributed by atoms with Crippen LogP contribution in [0.15, 0.2) is 91.0 Å². The highest BCUT2D eigenvalue weighted by molar-refractivity contribution is 7.48. The largest absolute Gasteiger partial charge is 0.477 e. The van der Waals surface area contributed by atoms with Crippen molar-refractivity contribution in [1.29, 1.82) is 0 Å². The van der Waals surface area contributed by atoms with Crippen LogP contribution in [0.4, 0.5) is 0 Å². The summed E-state index contributed by atoms with van der Waals surface area (Å²) in [6, 6.07) is 29.0. The quantitative estimate of drug-likeness (QED) is 0.309. The van der Waals surface area contributed by atoms with Gasteiger partial charge >= 0.3 is 7.82 Å². The first kappa shape index (κ1) is 24.4. The molecule has 0 fully saturated rings. The van der Waals surface area contributed by atoms with Crippen molar-refractivity contribution in [2.24, 2.45) is 0 Å². The zero-order valence-corrected chi connectivity index (χ0v) is 20.6. The molecule has 0 bridgehead atoms. The van der Waals surface area contributed by atoms with Crippen LogP contribution in [-0.4, -0.2) is 0 Å². The summed E-state index contributed by atoms with van der Waals surface area (Å²) in [6.07, 6.45) is 0. The van der Waals surface area contributed by atoms with E-state index in [0.29, 0.717) is 0 Å². The average molecular weight is 453 g/mol. The second-order valence-corrected chi connectivity index (χ2v) is 10.8. The van der Waals surface area contributed by atoms with Gasteiger partial charge in [0.2, 0.25) is 0 Å². The summed E-state index contributed by atoms with van der Waals surface area (Å²) in [7, 11) is -4.08. The molecule has 170 valence electrons. The Morgan fingerprint density at radius 2 is 0.688 bits per heavy atom. The van der Waals surface area contributed by atoms with E-state index in [1.165, 1.54) is 0 Å². The summed E-state index contributed by atoms with van der Waals surface area (Å²) in [5, 5.41) is 0. The molecule has 0 atom stereocenters. The minimum absolute atomic E-state index is 0.877. The van der Waals surface area contributed by atoms with Crippen molar-refractivity contribution < 1.29 is 18.1 Å². The predicted octanol–water partition coefficient (Wildman–Crippen LogP) is 7.95. The van der Waals surface area contributed by atoms with E-state index < -0.39 is 24.6 Å². The molecule has 32 heavy (non-hydrogen) atoms. The van der Waals surface area contributed by atoms with E-state index in [4.69, 9.17) is 13.6 Å². The van der Waals surface area contributed by atoms with E-state index in [-0.39, 0.29) is 0 Å². The number of phosphoric acid groups is 1. The Hall–Kier alpha value is -2.23. The van der Waals surface area contributed by atoms with Gasteiger partial charge in [0.05, 0.1) is 16.8 Å². The van der Waals surface area contributed by atoms with Gasteiger partial charge in [0.15, 0.2) is 0 Å². The van der Waals surface area contributed by atoms with Crippen LogP contribution in [0.2, 0.25) is 0 Å². The zero-order valence-electron chi connectivity index (χ0n) is 19.7. The number of benzene rings is 3. The lowest BCUT2D eigenvalue weighted by molar-refractivity contribution is -0.0463. The highest BCUT2D eigenvalue weighted by atomic mass is 31.2. The number of hydrogen-bond donors (Lipinski definition) is 0. The summed E-state index contributed by atoms with van der Waals surface area (Å²) in [5.74, 6) is 0. The molecular formula is C27H33O4P. The summed E-state index contributed by atoms with van der Waals surface area (Å²) in [6.45, 7) is 11.2. The number of hydrogen-bond acceptors (Lipinski definition) is 4. The first-order valence-corrected chi connectivity index (χ1v) is 12.3. The lowest BCUT2D eigenvalue weighted by atomic mass is 9.99. The van der Waals surface area contributed by atoms with Gasteiger partial charge in [-0.05, 0) is 58.2 Å². The smallest absolute Gasteiger partial charge is 0.276 e. The van der Waals surface area contributed by atoms with Crippen molar-refractivity contribution in [3.8, 4) is 0 Å². The van der Waals surface area contributed by atoms with E-state index in [2.05, 4.69) is 0 Å². The molecule has 3 aromatic carbocycles. The molecule has 3 aromatic rings. The topological polar surface area (TPSA) is 44.8 Å². The minimum atomic E-state index is -4.08. The maximum absolute atomic E-state index is 14.3. The monoisotopic (exact) mass is 452 g/mol. The molecule has 0 aliphatic heterocycles. The third-order valence-corrected chi connectivity index (χ3v) is 7.47. The van der Waals surface area contributed by atoms with Crippen LogP contribution in [0.1, 0.15) is 58.2 Å². The van der Waals surface area contributed by atoms with Gasteiger partial charge in [-0.25, -0.2) is 4.57 Å². The number of phosphoric ester groups is 1. The second-order valence-electron chi connectivity index (χ2n) is 9.35. The minimum Gasteiger partial charge on any atom is -0.276 e. The molecule has 0 amide bonds. The van der Waals surface area contributed by atoms with Crippen LogP contribution in [0, 0.1) is 0 Å². The Kier molecular flexibility index (Phi) is 7.12. The molecule has 0 aromatic heterocycles. The van der Waals surface area contributed by atoms with Gasteiger partial charge in [0.25, 0.3) is 0 Å². The highest BCUT2D eigenvalue weighted by Crippen LogP contribution is 2.62. The van der Waals surface area contributed by atoms with Gasteiger partial charge < -0.3 is 0 Å². The molecular weight excluding hydrogens is 419 g/mol. The van der Waals surface area contributed by atoms with Gasteiger partial charge in [0.1, 0.15) is 0 Å². The maximum Gasteiger partial charge on any atom is 0.477 e. The summed E-state index contributed by atoms with van der Waals surface area (Å²) in [5.41, 5.74) is -0.0874. The molecule has 0 heterocycles. The molecule has 3 rings (SSSR count). The van der Waals surface area contributed by atoms with Crippen molar-refractivity contribution in [3.63, 3.8) is 0 Å². The van der Waals surface area contributed by atoms with Gasteiger partial charge in [-0.1, -0.05) is 91.0 Å². The fraction of sp³-hybridized carbons (Fsp3) is 0.333. The molecule has 0 saturated heterocycles. The molecule has 0 unspecified atom stereocenters. The predicted molar refractivity (Wildman–Crippen MR) is 129 cm³/mol. The fourth-order valence-electron chi connectivity index (χ4n) is 3.57. The average Bonchev–Trinajstić information content (AvgIpc) is 2.74. The Morgan fingerprint density at radius 3 is 0.906 bits per heavy atom. The Bertz CT molecular complexity index is 908. The maximum atomic E-state index is 14.3. The fourth-order valence-corrected chi connectivity index (χ4v) is 5.68. The van der Waals surface area contributed by atoms with Crippen LogP contribution in [0.3, 0.4) is 0 Å². The van der Waals surface area contributed by atoms with Crippen LogP contribution < -0.4 is 0 Å². The lowest BCUT2D eigenvalue weighted by Crippen LogP contribution is -2.30. The van der Waals surface area contributed by atoms with E-state index in [1.807, 2.05) is 133 Å². The van der Waals surface area contributed by atoms with Crippen molar-refractivity contribution >= 4 is 7.82 Å². The van der Waals surface area contributed by atoms with Crippen molar-refractivity contribution in [3.05, 3.63) is 108 Å². The molecule has 0 aliphatic rings. The van der Waals surface area contributed by atoms with Crippen LogP contribution in [0.25, 0.3) is 0 Å². The molecule has 5 heteroatoms. The van der Waals surface area contributed by atoms with Crippen LogP contribution in [0.5, 0.6) is 0 Å². The van der Waals surface area contributed by atoms with Gasteiger partial charge in [-0.15, -0.1) is 0 Å². The van der Waals surface area contributed by atoms with E-state index in [0.717, 1.165) is 16.7 Å². The molecule has 0 N–H and O–H groups in total. The third kappa shape index (κ3) is 5.96. The van der Waals surface area contributed by atoms with E-state index >= 15 is 0 Å². The van der Waals surface area contributed by atoms with Crippen molar-refractivity contribution in [2.45, 2.75) is 58.3 Å². The van der Waals surface area contributed by atoms with Gasteiger partial charge in [-0.2, -0.15) is 0 Å². The van der Waals surface area contributed by atoms with Crippen molar-refractivity contribution in [1.82, 2.24) is 0 Å². The SMILES string of the molecule is CC(C)(OP(=O)(OC(C)(C)c1ccccc1)OC(C)(C)c1ccccc1)c1ccccc1. The molecule has 4 nitrogen and oxygen atoms in total. The van der Waals surface area contributed by atoms with Crippen LogP contribution in [-0.2, 0) is 34.9 Å². The summed E-state index contributed by atoms with van der Waals surface area (Å²) >= 11 is 0. The van der Waals surface area contributed by atoms with Crippen LogP contribution >= 0.6 is 7.82 Å². The second kappa shape index (κ2) is 9.33. The first-order chi connectivity index (χ1) is 14.9. The van der Waals surface area contributed by atoms with E-state index in [9.17, 15) is 4.57 Å². The number of rotatable bonds is 9. The Balaban J connectivity index is 1.99. The van der Waals surface area contributed by atoms with Gasteiger partial charge in [0, 0.05) is 0 Å².